The third-order valence-corrected chi connectivity index (χ3v) is 5.34. The molecule has 0 radical (unpaired) electrons. The van der Waals surface area contributed by atoms with Gasteiger partial charge in [0.2, 0.25) is 0 Å². The first-order valence-electron chi connectivity index (χ1n) is 8.96. The summed E-state index contributed by atoms with van der Waals surface area (Å²) in [6.07, 6.45) is 0. The van der Waals surface area contributed by atoms with Crippen LogP contribution < -0.4 is 0 Å². The lowest BCUT2D eigenvalue weighted by Crippen LogP contribution is -2.26. The minimum atomic E-state index is -0.0261. The summed E-state index contributed by atoms with van der Waals surface area (Å²) in [6.45, 7) is 0.494. The number of hydrogen-bond acceptors (Lipinski definition) is 3. The van der Waals surface area contributed by atoms with Gasteiger partial charge >= 0.3 is 0 Å². The molecule has 0 spiro atoms. The van der Waals surface area contributed by atoms with Gasteiger partial charge in [-0.15, -0.1) is 11.3 Å². The topological polar surface area (TPSA) is 33.2 Å². The van der Waals surface area contributed by atoms with Crippen molar-refractivity contribution in [2.75, 3.05) is 7.05 Å². The second-order valence-corrected chi connectivity index (χ2v) is 7.55. The van der Waals surface area contributed by atoms with Crippen molar-refractivity contribution in [3.8, 4) is 11.8 Å². The molecule has 28 heavy (non-hydrogen) atoms. The molecular weight excluding hydrogens is 364 g/mol. The van der Waals surface area contributed by atoms with Gasteiger partial charge in [0.15, 0.2) is 0 Å². The number of nitrogens with zero attached hydrogens (tertiary/aromatic N) is 2. The van der Waals surface area contributed by atoms with Crippen LogP contribution in [0.5, 0.6) is 0 Å². The van der Waals surface area contributed by atoms with Crippen molar-refractivity contribution in [1.82, 2.24) is 9.88 Å². The molecule has 0 bridgehead atoms. The Morgan fingerprint density at radius 3 is 2.25 bits per heavy atom. The van der Waals surface area contributed by atoms with E-state index < -0.39 is 0 Å². The molecule has 4 aromatic rings. The van der Waals surface area contributed by atoms with Crippen LogP contribution in [0.3, 0.4) is 0 Å². The Hall–Kier alpha value is -3.42. The lowest BCUT2D eigenvalue weighted by molar-refractivity contribution is 0.0785. The fraction of sp³-hybridized carbons (Fsp3) is 0.0833. The molecule has 0 N–H and O–H groups in total. The molecule has 0 atom stereocenters. The molecule has 3 aromatic carbocycles. The summed E-state index contributed by atoms with van der Waals surface area (Å²) in [7, 11) is 1.80. The molecule has 3 nitrogen and oxygen atoms in total. The summed E-state index contributed by atoms with van der Waals surface area (Å²) in [5.74, 6) is 6.23. The molecule has 1 heterocycles. The van der Waals surface area contributed by atoms with Crippen LogP contribution in [0.15, 0.2) is 78.9 Å². The van der Waals surface area contributed by atoms with Gasteiger partial charge in [-0.3, -0.25) is 4.79 Å². The van der Waals surface area contributed by atoms with E-state index in [2.05, 4.69) is 16.8 Å². The zero-order valence-corrected chi connectivity index (χ0v) is 16.2. The van der Waals surface area contributed by atoms with E-state index in [9.17, 15) is 4.79 Å². The van der Waals surface area contributed by atoms with E-state index in [1.165, 1.54) is 0 Å². The number of rotatable bonds is 3. The number of amides is 1. The van der Waals surface area contributed by atoms with Crippen LogP contribution in [0.2, 0.25) is 0 Å². The summed E-state index contributed by atoms with van der Waals surface area (Å²) in [5.41, 5.74) is 3.48. The summed E-state index contributed by atoms with van der Waals surface area (Å²) >= 11 is 1.62. The van der Waals surface area contributed by atoms with Crippen LogP contribution in [0.4, 0.5) is 0 Å². The lowest BCUT2D eigenvalue weighted by atomic mass is 10.1. The average Bonchev–Trinajstić information content (AvgIpc) is 3.15. The second kappa shape index (κ2) is 8.08. The van der Waals surface area contributed by atoms with Crippen LogP contribution in [-0.4, -0.2) is 22.8 Å². The van der Waals surface area contributed by atoms with E-state index in [0.29, 0.717) is 12.1 Å². The Labute approximate surface area is 168 Å². The maximum absolute atomic E-state index is 12.7. The van der Waals surface area contributed by atoms with Crippen molar-refractivity contribution in [3.05, 3.63) is 101 Å². The highest BCUT2D eigenvalue weighted by atomic mass is 32.1. The normalized spacial score (nSPS) is 10.3. The van der Waals surface area contributed by atoms with E-state index in [-0.39, 0.29) is 5.91 Å². The quantitative estimate of drug-likeness (QED) is 0.469. The maximum atomic E-state index is 12.7. The molecule has 1 aromatic heterocycles. The first kappa shape index (κ1) is 18.0. The average molecular weight is 382 g/mol. The standard InChI is InChI=1S/C24H18N2OS/c1-26(17-23-25-21-9-5-6-10-22(21)28-23)24(27)20-15-13-19(14-16-20)12-11-18-7-3-2-4-8-18/h2-10,13-16H,17H2,1H3. The summed E-state index contributed by atoms with van der Waals surface area (Å²) in [5, 5.41) is 0.933. The third kappa shape index (κ3) is 4.11. The minimum Gasteiger partial charge on any atom is -0.335 e. The SMILES string of the molecule is CN(Cc1nc2ccccc2s1)C(=O)c1ccc(C#Cc2ccccc2)cc1. The molecule has 0 fully saturated rings. The second-order valence-electron chi connectivity index (χ2n) is 6.43. The number of fused-ring (bicyclic) bond motifs is 1. The maximum Gasteiger partial charge on any atom is 0.253 e. The summed E-state index contributed by atoms with van der Waals surface area (Å²) in [4.78, 5) is 19.0. The summed E-state index contributed by atoms with van der Waals surface area (Å²) < 4.78 is 1.14. The van der Waals surface area contributed by atoms with Gasteiger partial charge in [-0.05, 0) is 48.5 Å². The molecule has 0 saturated heterocycles. The predicted octanol–water partition coefficient (Wildman–Crippen LogP) is 4.97. The molecule has 4 rings (SSSR count). The number of benzene rings is 3. The van der Waals surface area contributed by atoms with E-state index in [1.807, 2.05) is 78.9 Å². The Morgan fingerprint density at radius 1 is 0.893 bits per heavy atom. The van der Waals surface area contributed by atoms with Gasteiger partial charge in [-0.25, -0.2) is 4.98 Å². The number of carbonyl (C=O) groups is 1. The zero-order chi connectivity index (χ0) is 19.3. The van der Waals surface area contributed by atoms with Gasteiger partial charge in [0, 0.05) is 23.7 Å². The van der Waals surface area contributed by atoms with Crippen molar-refractivity contribution in [3.63, 3.8) is 0 Å². The van der Waals surface area contributed by atoms with E-state index in [0.717, 1.165) is 26.4 Å². The Kier molecular flexibility index (Phi) is 5.18. The number of para-hydroxylation sites is 1. The highest BCUT2D eigenvalue weighted by molar-refractivity contribution is 7.18. The molecule has 0 aliphatic carbocycles. The lowest BCUT2D eigenvalue weighted by Gasteiger charge is -2.15. The third-order valence-electron chi connectivity index (χ3n) is 4.31. The van der Waals surface area contributed by atoms with Crippen LogP contribution >= 0.6 is 11.3 Å². The van der Waals surface area contributed by atoms with Gasteiger partial charge in [-0.1, -0.05) is 42.2 Å². The number of carbonyl (C=O) groups excluding carboxylic acids is 1. The van der Waals surface area contributed by atoms with E-state index in [1.54, 1.807) is 23.3 Å². The van der Waals surface area contributed by atoms with Crippen molar-refractivity contribution in [2.24, 2.45) is 0 Å². The molecular formula is C24H18N2OS. The fourth-order valence-corrected chi connectivity index (χ4v) is 3.87. The monoisotopic (exact) mass is 382 g/mol. The molecule has 136 valence electrons. The van der Waals surface area contributed by atoms with E-state index >= 15 is 0 Å². The Morgan fingerprint density at radius 2 is 1.54 bits per heavy atom. The van der Waals surface area contributed by atoms with Crippen molar-refractivity contribution in [1.29, 1.82) is 0 Å². The first-order valence-corrected chi connectivity index (χ1v) is 9.78. The van der Waals surface area contributed by atoms with Crippen molar-refractivity contribution in [2.45, 2.75) is 6.54 Å². The van der Waals surface area contributed by atoms with Crippen molar-refractivity contribution < 1.29 is 4.79 Å². The number of thiazole rings is 1. The number of hydrogen-bond donors (Lipinski definition) is 0. The Balaban J connectivity index is 1.44. The largest absolute Gasteiger partial charge is 0.335 e. The highest BCUT2D eigenvalue weighted by Gasteiger charge is 2.14. The molecule has 0 aliphatic rings. The first-order chi connectivity index (χ1) is 13.7. The van der Waals surface area contributed by atoms with Gasteiger partial charge in [0.05, 0.1) is 16.8 Å². The van der Waals surface area contributed by atoms with Crippen molar-refractivity contribution >= 4 is 27.5 Å². The smallest absolute Gasteiger partial charge is 0.253 e. The van der Waals surface area contributed by atoms with Crippen LogP contribution in [0.25, 0.3) is 10.2 Å². The van der Waals surface area contributed by atoms with Crippen LogP contribution in [0, 0.1) is 11.8 Å². The zero-order valence-electron chi connectivity index (χ0n) is 15.4. The van der Waals surface area contributed by atoms with Crippen LogP contribution in [0.1, 0.15) is 26.5 Å². The summed E-state index contributed by atoms with van der Waals surface area (Å²) in [6, 6.07) is 25.3. The molecule has 0 unspecified atom stereocenters. The van der Waals surface area contributed by atoms with Gasteiger partial charge in [0.25, 0.3) is 5.91 Å². The van der Waals surface area contributed by atoms with Gasteiger partial charge < -0.3 is 4.90 Å². The van der Waals surface area contributed by atoms with E-state index in [4.69, 9.17) is 0 Å². The molecule has 1 amide bonds. The fourth-order valence-electron chi connectivity index (χ4n) is 2.84. The molecule has 0 saturated carbocycles. The minimum absolute atomic E-state index is 0.0261. The Bertz CT molecular complexity index is 1130. The molecule has 4 heteroatoms. The van der Waals surface area contributed by atoms with Gasteiger partial charge in [0.1, 0.15) is 5.01 Å². The van der Waals surface area contributed by atoms with Crippen LogP contribution in [-0.2, 0) is 6.54 Å². The van der Waals surface area contributed by atoms with Gasteiger partial charge in [-0.2, -0.15) is 0 Å². The number of aromatic nitrogens is 1. The highest BCUT2D eigenvalue weighted by Crippen LogP contribution is 2.22. The predicted molar refractivity (Wildman–Crippen MR) is 114 cm³/mol. The molecule has 0 aliphatic heterocycles.